The van der Waals surface area contributed by atoms with Gasteiger partial charge in [0.15, 0.2) is 17.5 Å². The monoisotopic (exact) mass is 508 g/mol. The standard InChI is InChI=1S/C20H33FN4O2.HI/c1-15(2)13-25-9-10-26-17(14-25)12-24-20(22-4)23-11-16(3)27-19-8-6-5-7-18(19)21;/h5-8,15-17H,9-14H2,1-4H3,(H2,22,23,24);1H. The molecule has 1 aromatic rings. The maximum atomic E-state index is 13.7. The first-order chi connectivity index (χ1) is 13.0. The van der Waals surface area contributed by atoms with Crippen LogP contribution in [0.3, 0.4) is 0 Å². The van der Waals surface area contributed by atoms with E-state index in [1.54, 1.807) is 25.2 Å². The van der Waals surface area contributed by atoms with Gasteiger partial charge in [-0.05, 0) is 25.0 Å². The molecule has 0 saturated carbocycles. The van der Waals surface area contributed by atoms with Gasteiger partial charge < -0.3 is 20.1 Å². The van der Waals surface area contributed by atoms with Gasteiger partial charge in [0, 0.05) is 33.2 Å². The summed E-state index contributed by atoms with van der Waals surface area (Å²) in [6, 6.07) is 6.42. The molecule has 160 valence electrons. The Balaban J connectivity index is 0.00000392. The van der Waals surface area contributed by atoms with Gasteiger partial charge in [-0.25, -0.2) is 4.39 Å². The second-order valence-electron chi connectivity index (χ2n) is 7.34. The average molecular weight is 508 g/mol. The summed E-state index contributed by atoms with van der Waals surface area (Å²) in [5, 5.41) is 6.52. The number of aliphatic imine (C=N–C) groups is 1. The van der Waals surface area contributed by atoms with Crippen molar-refractivity contribution in [2.45, 2.75) is 33.0 Å². The number of ether oxygens (including phenoxy) is 2. The average Bonchev–Trinajstić information content (AvgIpc) is 2.63. The predicted octanol–water partition coefficient (Wildman–Crippen LogP) is 2.73. The number of hydrogen-bond acceptors (Lipinski definition) is 4. The van der Waals surface area contributed by atoms with Crippen LogP contribution in [0.1, 0.15) is 20.8 Å². The fraction of sp³-hybridized carbons (Fsp3) is 0.650. The van der Waals surface area contributed by atoms with Gasteiger partial charge in [0.25, 0.3) is 0 Å². The van der Waals surface area contributed by atoms with Crippen LogP contribution < -0.4 is 15.4 Å². The van der Waals surface area contributed by atoms with Gasteiger partial charge in [-0.1, -0.05) is 26.0 Å². The molecule has 0 bridgehead atoms. The fourth-order valence-corrected chi connectivity index (χ4v) is 3.06. The summed E-state index contributed by atoms with van der Waals surface area (Å²) in [6.45, 7) is 11.3. The lowest BCUT2D eigenvalue weighted by Crippen LogP contribution is -2.50. The summed E-state index contributed by atoms with van der Waals surface area (Å²) in [5.41, 5.74) is 0. The van der Waals surface area contributed by atoms with Crippen LogP contribution in [0.15, 0.2) is 29.3 Å². The van der Waals surface area contributed by atoms with Crippen LogP contribution in [0.5, 0.6) is 5.75 Å². The lowest BCUT2D eigenvalue weighted by molar-refractivity contribution is -0.0284. The predicted molar refractivity (Wildman–Crippen MR) is 122 cm³/mol. The number of benzene rings is 1. The van der Waals surface area contributed by atoms with E-state index in [0.29, 0.717) is 25.0 Å². The van der Waals surface area contributed by atoms with Gasteiger partial charge in [0.1, 0.15) is 6.10 Å². The maximum absolute atomic E-state index is 13.7. The minimum atomic E-state index is -0.354. The molecule has 1 aliphatic rings. The Bertz CT molecular complexity index is 603. The summed E-state index contributed by atoms with van der Waals surface area (Å²) >= 11 is 0. The van der Waals surface area contributed by atoms with E-state index in [4.69, 9.17) is 9.47 Å². The normalized spacial score (nSPS) is 19.1. The Kier molecular flexibility index (Phi) is 11.7. The molecule has 0 aliphatic carbocycles. The van der Waals surface area contributed by atoms with E-state index in [1.165, 1.54) is 6.07 Å². The molecule has 1 aromatic carbocycles. The third-order valence-corrected chi connectivity index (χ3v) is 4.29. The van der Waals surface area contributed by atoms with E-state index in [0.717, 1.165) is 26.2 Å². The molecule has 0 amide bonds. The lowest BCUT2D eigenvalue weighted by Gasteiger charge is -2.34. The van der Waals surface area contributed by atoms with Crippen molar-refractivity contribution in [3.63, 3.8) is 0 Å². The lowest BCUT2D eigenvalue weighted by atomic mass is 10.2. The first-order valence-electron chi connectivity index (χ1n) is 9.67. The number of para-hydroxylation sites is 1. The molecule has 0 radical (unpaired) electrons. The van der Waals surface area contributed by atoms with Crippen molar-refractivity contribution in [1.82, 2.24) is 15.5 Å². The third-order valence-electron chi connectivity index (χ3n) is 4.29. The highest BCUT2D eigenvalue weighted by Gasteiger charge is 2.21. The summed E-state index contributed by atoms with van der Waals surface area (Å²) in [6.07, 6.45) is -0.0592. The van der Waals surface area contributed by atoms with Crippen LogP contribution in [0.25, 0.3) is 0 Å². The van der Waals surface area contributed by atoms with Gasteiger partial charge >= 0.3 is 0 Å². The molecule has 1 aliphatic heterocycles. The molecule has 2 atom stereocenters. The molecule has 6 nitrogen and oxygen atoms in total. The van der Waals surface area contributed by atoms with Crippen LogP contribution in [0, 0.1) is 11.7 Å². The molecule has 1 fully saturated rings. The number of morpholine rings is 1. The number of nitrogens with one attached hydrogen (secondary N) is 2. The third kappa shape index (κ3) is 8.91. The van der Waals surface area contributed by atoms with Crippen molar-refractivity contribution in [3.8, 4) is 5.75 Å². The molecule has 1 saturated heterocycles. The summed E-state index contributed by atoms with van der Waals surface area (Å²) in [5.74, 6) is 1.24. The zero-order chi connectivity index (χ0) is 19.6. The largest absolute Gasteiger partial charge is 0.486 e. The summed E-state index contributed by atoms with van der Waals surface area (Å²) < 4.78 is 25.1. The fourth-order valence-electron chi connectivity index (χ4n) is 3.06. The first kappa shape index (κ1) is 24.9. The SMILES string of the molecule is CN=C(NCC(C)Oc1ccccc1F)NCC1CN(CC(C)C)CCO1.I. The quantitative estimate of drug-likeness (QED) is 0.322. The Labute approximate surface area is 185 Å². The smallest absolute Gasteiger partial charge is 0.191 e. The first-order valence-corrected chi connectivity index (χ1v) is 9.67. The number of hydrogen-bond donors (Lipinski definition) is 2. The zero-order valence-electron chi connectivity index (χ0n) is 17.3. The Hall–Kier alpha value is -1.13. The molecular formula is C20H34FIN4O2. The van der Waals surface area contributed by atoms with Crippen LogP contribution in [0.2, 0.25) is 0 Å². The highest BCUT2D eigenvalue weighted by atomic mass is 127. The Morgan fingerprint density at radius 3 is 2.75 bits per heavy atom. The van der Waals surface area contributed by atoms with E-state index in [9.17, 15) is 4.39 Å². The Morgan fingerprint density at radius 2 is 2.07 bits per heavy atom. The Morgan fingerprint density at radius 1 is 1.32 bits per heavy atom. The number of guanidine groups is 1. The number of rotatable bonds is 8. The van der Waals surface area contributed by atoms with E-state index in [1.807, 2.05) is 6.92 Å². The molecule has 1 heterocycles. The van der Waals surface area contributed by atoms with E-state index >= 15 is 0 Å². The van der Waals surface area contributed by atoms with Crippen LogP contribution in [-0.4, -0.2) is 69.4 Å². The highest BCUT2D eigenvalue weighted by molar-refractivity contribution is 14.0. The molecular weight excluding hydrogens is 474 g/mol. The second kappa shape index (κ2) is 13.2. The van der Waals surface area contributed by atoms with Crippen LogP contribution in [0.4, 0.5) is 4.39 Å². The minimum absolute atomic E-state index is 0. The molecule has 2 rings (SSSR count). The van der Waals surface area contributed by atoms with Crippen molar-refractivity contribution in [3.05, 3.63) is 30.1 Å². The van der Waals surface area contributed by atoms with Gasteiger partial charge in [0.05, 0.1) is 19.3 Å². The van der Waals surface area contributed by atoms with Crippen LogP contribution >= 0.6 is 24.0 Å². The van der Waals surface area contributed by atoms with Crippen molar-refractivity contribution in [2.24, 2.45) is 10.9 Å². The molecule has 28 heavy (non-hydrogen) atoms. The zero-order valence-corrected chi connectivity index (χ0v) is 19.6. The molecule has 2 unspecified atom stereocenters. The van der Waals surface area contributed by atoms with Crippen LogP contribution in [-0.2, 0) is 4.74 Å². The summed E-state index contributed by atoms with van der Waals surface area (Å²) in [4.78, 5) is 6.68. The number of halogens is 2. The van der Waals surface area contributed by atoms with Gasteiger partial charge in [0.2, 0.25) is 0 Å². The van der Waals surface area contributed by atoms with E-state index in [2.05, 4.69) is 34.4 Å². The highest BCUT2D eigenvalue weighted by Crippen LogP contribution is 2.16. The minimum Gasteiger partial charge on any atom is -0.486 e. The van der Waals surface area contributed by atoms with Crippen molar-refractivity contribution < 1.29 is 13.9 Å². The second-order valence-corrected chi connectivity index (χ2v) is 7.34. The number of nitrogens with zero attached hydrogens (tertiary/aromatic N) is 2. The maximum Gasteiger partial charge on any atom is 0.191 e. The molecule has 0 aromatic heterocycles. The van der Waals surface area contributed by atoms with Crippen molar-refractivity contribution in [1.29, 1.82) is 0 Å². The van der Waals surface area contributed by atoms with Gasteiger partial charge in [-0.3, -0.25) is 9.89 Å². The summed E-state index contributed by atoms with van der Waals surface area (Å²) in [7, 11) is 1.73. The molecule has 0 spiro atoms. The van der Waals surface area contributed by atoms with Gasteiger partial charge in [-0.15, -0.1) is 24.0 Å². The van der Waals surface area contributed by atoms with Crippen molar-refractivity contribution >= 4 is 29.9 Å². The molecule has 8 heteroatoms. The van der Waals surface area contributed by atoms with Gasteiger partial charge in [-0.2, -0.15) is 0 Å². The topological polar surface area (TPSA) is 58.1 Å². The van der Waals surface area contributed by atoms with Crippen molar-refractivity contribution in [2.75, 3.05) is 46.4 Å². The van der Waals surface area contributed by atoms with E-state index < -0.39 is 0 Å². The molecule has 2 N–H and O–H groups in total. The van der Waals surface area contributed by atoms with E-state index in [-0.39, 0.29) is 47.8 Å².